The van der Waals surface area contributed by atoms with Crippen LogP contribution in [-0.2, 0) is 12.8 Å². The van der Waals surface area contributed by atoms with Crippen LogP contribution in [0.25, 0.3) is 0 Å². The Bertz CT molecular complexity index is 505. The first-order valence-corrected chi connectivity index (χ1v) is 6.11. The number of aromatic nitrogens is 1. The Kier molecular flexibility index (Phi) is 2.59. The fourth-order valence-electron chi connectivity index (χ4n) is 2.33. The SMILES string of the molecule is CC(Nc1ccc2c(n1)CCC2)c1ccco1. The zero-order valence-corrected chi connectivity index (χ0v) is 9.94. The van der Waals surface area contributed by atoms with Crippen molar-refractivity contribution in [3.63, 3.8) is 0 Å². The lowest BCUT2D eigenvalue weighted by atomic mass is 10.2. The molecule has 0 amide bonds. The number of rotatable bonds is 3. The van der Waals surface area contributed by atoms with Crippen molar-refractivity contribution in [3.8, 4) is 0 Å². The molecule has 88 valence electrons. The van der Waals surface area contributed by atoms with Crippen LogP contribution in [0.4, 0.5) is 5.82 Å². The second-order valence-electron chi connectivity index (χ2n) is 4.54. The van der Waals surface area contributed by atoms with Gasteiger partial charge in [-0.3, -0.25) is 0 Å². The molecule has 0 saturated carbocycles. The van der Waals surface area contributed by atoms with E-state index >= 15 is 0 Å². The highest BCUT2D eigenvalue weighted by Crippen LogP contribution is 2.24. The lowest BCUT2D eigenvalue weighted by Crippen LogP contribution is -2.07. The maximum Gasteiger partial charge on any atom is 0.126 e. The van der Waals surface area contributed by atoms with E-state index < -0.39 is 0 Å². The molecule has 3 rings (SSSR count). The van der Waals surface area contributed by atoms with Crippen molar-refractivity contribution in [2.75, 3.05) is 5.32 Å². The standard InChI is InChI=1S/C14H16N2O/c1-10(13-6-3-9-17-13)15-14-8-7-11-4-2-5-12(11)16-14/h3,6-10H,2,4-5H2,1H3,(H,15,16). The summed E-state index contributed by atoms with van der Waals surface area (Å²) < 4.78 is 5.37. The monoisotopic (exact) mass is 228 g/mol. The Hall–Kier alpha value is -1.77. The van der Waals surface area contributed by atoms with Gasteiger partial charge in [0.05, 0.1) is 12.3 Å². The van der Waals surface area contributed by atoms with Gasteiger partial charge < -0.3 is 9.73 Å². The van der Waals surface area contributed by atoms with E-state index in [2.05, 4.69) is 29.4 Å². The molecule has 0 spiro atoms. The summed E-state index contributed by atoms with van der Waals surface area (Å²) >= 11 is 0. The maximum absolute atomic E-state index is 5.37. The molecule has 2 heterocycles. The van der Waals surface area contributed by atoms with E-state index in [0.717, 1.165) is 18.0 Å². The molecule has 0 bridgehead atoms. The van der Waals surface area contributed by atoms with Crippen LogP contribution in [0.3, 0.4) is 0 Å². The van der Waals surface area contributed by atoms with Gasteiger partial charge in [-0.2, -0.15) is 0 Å². The summed E-state index contributed by atoms with van der Waals surface area (Å²) in [5, 5.41) is 3.37. The molecule has 1 aliphatic carbocycles. The van der Waals surface area contributed by atoms with Gasteiger partial charge in [0.2, 0.25) is 0 Å². The number of hydrogen-bond donors (Lipinski definition) is 1. The average Bonchev–Trinajstić information content (AvgIpc) is 2.99. The minimum absolute atomic E-state index is 0.150. The van der Waals surface area contributed by atoms with Crippen LogP contribution in [0.15, 0.2) is 34.9 Å². The van der Waals surface area contributed by atoms with Crippen LogP contribution < -0.4 is 5.32 Å². The Morgan fingerprint density at radius 1 is 1.29 bits per heavy atom. The number of nitrogens with one attached hydrogen (secondary N) is 1. The van der Waals surface area contributed by atoms with Crippen LogP contribution >= 0.6 is 0 Å². The molecule has 3 heteroatoms. The lowest BCUT2D eigenvalue weighted by Gasteiger charge is -2.12. The molecule has 0 saturated heterocycles. The second-order valence-corrected chi connectivity index (χ2v) is 4.54. The summed E-state index contributed by atoms with van der Waals surface area (Å²) in [5.74, 6) is 1.88. The molecule has 1 unspecified atom stereocenters. The highest BCUT2D eigenvalue weighted by molar-refractivity contribution is 5.41. The molecule has 2 aromatic rings. The van der Waals surface area contributed by atoms with E-state index in [1.807, 2.05) is 12.1 Å². The molecule has 3 nitrogen and oxygen atoms in total. The van der Waals surface area contributed by atoms with E-state index in [1.165, 1.54) is 24.1 Å². The van der Waals surface area contributed by atoms with E-state index in [4.69, 9.17) is 4.42 Å². The van der Waals surface area contributed by atoms with Gasteiger partial charge in [-0.05, 0) is 49.9 Å². The van der Waals surface area contributed by atoms with Crippen molar-refractivity contribution in [1.29, 1.82) is 0 Å². The summed E-state index contributed by atoms with van der Waals surface area (Å²) in [5.41, 5.74) is 2.66. The molecular weight excluding hydrogens is 212 g/mol. The predicted molar refractivity (Wildman–Crippen MR) is 67.0 cm³/mol. The van der Waals surface area contributed by atoms with Crippen molar-refractivity contribution < 1.29 is 4.42 Å². The fourth-order valence-corrected chi connectivity index (χ4v) is 2.33. The fraction of sp³-hybridized carbons (Fsp3) is 0.357. The van der Waals surface area contributed by atoms with Crippen molar-refractivity contribution in [1.82, 2.24) is 4.98 Å². The number of fused-ring (bicyclic) bond motifs is 1. The molecule has 17 heavy (non-hydrogen) atoms. The average molecular weight is 228 g/mol. The zero-order chi connectivity index (χ0) is 11.7. The first-order chi connectivity index (χ1) is 8.33. The van der Waals surface area contributed by atoms with E-state index in [1.54, 1.807) is 6.26 Å². The minimum atomic E-state index is 0.150. The van der Waals surface area contributed by atoms with Crippen LogP contribution in [0.1, 0.15) is 36.4 Å². The van der Waals surface area contributed by atoms with Crippen molar-refractivity contribution in [3.05, 3.63) is 47.5 Å². The number of furan rings is 1. The summed E-state index contributed by atoms with van der Waals surface area (Å²) in [6.45, 7) is 2.08. The first kappa shape index (κ1) is 10.4. The molecular formula is C14H16N2O. The number of nitrogens with zero attached hydrogens (tertiary/aromatic N) is 1. The highest BCUT2D eigenvalue weighted by Gasteiger charge is 2.14. The van der Waals surface area contributed by atoms with Crippen LogP contribution in [-0.4, -0.2) is 4.98 Å². The largest absolute Gasteiger partial charge is 0.467 e. The molecule has 1 N–H and O–H groups in total. The third-order valence-corrected chi connectivity index (χ3v) is 3.26. The molecule has 0 radical (unpaired) electrons. The van der Waals surface area contributed by atoms with E-state index in [9.17, 15) is 0 Å². The van der Waals surface area contributed by atoms with Gasteiger partial charge in [-0.1, -0.05) is 6.07 Å². The van der Waals surface area contributed by atoms with Gasteiger partial charge in [0, 0.05) is 5.69 Å². The number of aryl methyl sites for hydroxylation is 2. The van der Waals surface area contributed by atoms with Crippen LogP contribution in [0.5, 0.6) is 0 Å². The second kappa shape index (κ2) is 4.24. The summed E-state index contributed by atoms with van der Waals surface area (Å²) in [6, 6.07) is 8.28. The molecule has 0 fully saturated rings. The topological polar surface area (TPSA) is 38.1 Å². The zero-order valence-electron chi connectivity index (χ0n) is 9.94. The smallest absolute Gasteiger partial charge is 0.126 e. The molecule has 1 aliphatic rings. The summed E-state index contributed by atoms with van der Waals surface area (Å²) in [4.78, 5) is 4.65. The Morgan fingerprint density at radius 2 is 2.24 bits per heavy atom. The molecule has 0 aromatic carbocycles. The normalized spacial score (nSPS) is 15.6. The third-order valence-electron chi connectivity index (χ3n) is 3.26. The Balaban J connectivity index is 1.77. The minimum Gasteiger partial charge on any atom is -0.467 e. The molecule has 2 aromatic heterocycles. The van der Waals surface area contributed by atoms with Gasteiger partial charge in [0.25, 0.3) is 0 Å². The van der Waals surface area contributed by atoms with Crippen molar-refractivity contribution in [2.45, 2.75) is 32.2 Å². The molecule has 0 aliphatic heterocycles. The van der Waals surface area contributed by atoms with Crippen LogP contribution in [0, 0.1) is 0 Å². The predicted octanol–water partition coefficient (Wildman–Crippen LogP) is 3.34. The van der Waals surface area contributed by atoms with Crippen molar-refractivity contribution in [2.24, 2.45) is 0 Å². The van der Waals surface area contributed by atoms with Crippen LogP contribution in [0.2, 0.25) is 0 Å². The van der Waals surface area contributed by atoms with E-state index in [-0.39, 0.29) is 6.04 Å². The first-order valence-electron chi connectivity index (χ1n) is 6.11. The third kappa shape index (κ3) is 2.05. The maximum atomic E-state index is 5.37. The summed E-state index contributed by atoms with van der Waals surface area (Å²) in [7, 11) is 0. The summed E-state index contributed by atoms with van der Waals surface area (Å²) in [6.07, 6.45) is 5.22. The number of hydrogen-bond acceptors (Lipinski definition) is 3. The highest BCUT2D eigenvalue weighted by atomic mass is 16.3. The Labute approximate surface area is 101 Å². The lowest BCUT2D eigenvalue weighted by molar-refractivity contribution is 0.490. The van der Waals surface area contributed by atoms with Gasteiger partial charge >= 0.3 is 0 Å². The van der Waals surface area contributed by atoms with Gasteiger partial charge in [0.15, 0.2) is 0 Å². The van der Waals surface area contributed by atoms with Crippen molar-refractivity contribution >= 4 is 5.82 Å². The van der Waals surface area contributed by atoms with Gasteiger partial charge in [-0.25, -0.2) is 4.98 Å². The van der Waals surface area contributed by atoms with Gasteiger partial charge in [0.1, 0.15) is 11.6 Å². The quantitative estimate of drug-likeness (QED) is 0.875. The molecule has 1 atom stereocenters. The van der Waals surface area contributed by atoms with E-state index in [0.29, 0.717) is 0 Å². The Morgan fingerprint density at radius 3 is 3.06 bits per heavy atom. The van der Waals surface area contributed by atoms with Gasteiger partial charge in [-0.15, -0.1) is 0 Å². The number of pyridine rings is 1. The number of anilines is 1.